The summed E-state index contributed by atoms with van der Waals surface area (Å²) in [5, 5.41) is 2.78. The first-order valence-electron chi connectivity index (χ1n) is 6.65. The first-order valence-corrected chi connectivity index (χ1v) is 7.18. The molecule has 1 heterocycles. The number of carbonyl (C=O) groups is 2. The lowest BCUT2D eigenvalue weighted by Gasteiger charge is -2.32. The second-order valence-electron chi connectivity index (χ2n) is 5.72. The van der Waals surface area contributed by atoms with Crippen LogP contribution in [-0.2, 0) is 9.53 Å². The molecule has 0 aromatic rings. The highest BCUT2D eigenvalue weighted by molar-refractivity contribution is 6.18. The molecule has 0 saturated carbocycles. The average molecular weight is 291 g/mol. The highest BCUT2D eigenvalue weighted by atomic mass is 35.5. The maximum Gasteiger partial charge on any atom is 0.410 e. The minimum Gasteiger partial charge on any atom is -0.444 e. The van der Waals surface area contributed by atoms with E-state index in [0.717, 1.165) is 0 Å². The molecule has 1 aliphatic heterocycles. The molecule has 110 valence electrons. The molecule has 0 bridgehead atoms. The van der Waals surface area contributed by atoms with Crippen LogP contribution in [0.5, 0.6) is 0 Å². The van der Waals surface area contributed by atoms with Gasteiger partial charge < -0.3 is 15.0 Å². The molecule has 2 amide bonds. The predicted molar refractivity (Wildman–Crippen MR) is 74.3 cm³/mol. The van der Waals surface area contributed by atoms with Crippen molar-refractivity contribution in [3.63, 3.8) is 0 Å². The normalized spacial score (nSPS) is 17.2. The number of ether oxygens (including phenoxy) is 1. The van der Waals surface area contributed by atoms with Crippen molar-refractivity contribution in [2.24, 2.45) is 5.92 Å². The van der Waals surface area contributed by atoms with Crippen molar-refractivity contribution < 1.29 is 14.3 Å². The fourth-order valence-corrected chi connectivity index (χ4v) is 2.06. The number of halogens is 1. The first-order chi connectivity index (χ1) is 8.83. The number of carbonyl (C=O) groups excluding carboxylic acids is 2. The molecule has 1 aliphatic rings. The molecule has 6 heteroatoms. The van der Waals surface area contributed by atoms with E-state index in [2.05, 4.69) is 5.32 Å². The van der Waals surface area contributed by atoms with Crippen LogP contribution in [0.15, 0.2) is 0 Å². The van der Waals surface area contributed by atoms with Gasteiger partial charge in [-0.05, 0) is 33.6 Å². The minimum atomic E-state index is -0.481. The van der Waals surface area contributed by atoms with Gasteiger partial charge in [0.1, 0.15) is 5.60 Å². The monoisotopic (exact) mass is 290 g/mol. The summed E-state index contributed by atoms with van der Waals surface area (Å²) in [6.07, 6.45) is 1.05. The maximum atomic E-state index is 11.8. The molecule has 1 saturated heterocycles. The number of piperidine rings is 1. The van der Waals surface area contributed by atoms with E-state index >= 15 is 0 Å². The highest BCUT2D eigenvalue weighted by Crippen LogP contribution is 2.19. The van der Waals surface area contributed by atoms with E-state index in [0.29, 0.717) is 38.4 Å². The summed E-state index contributed by atoms with van der Waals surface area (Å²) in [6.45, 7) is 7.15. The smallest absolute Gasteiger partial charge is 0.410 e. The van der Waals surface area contributed by atoms with Crippen molar-refractivity contribution in [2.45, 2.75) is 39.2 Å². The van der Waals surface area contributed by atoms with Gasteiger partial charge in [0.2, 0.25) is 5.91 Å². The Morgan fingerprint density at radius 2 is 1.89 bits per heavy atom. The Kier molecular flexibility index (Phi) is 5.91. The van der Waals surface area contributed by atoms with Crippen molar-refractivity contribution in [1.82, 2.24) is 10.2 Å². The van der Waals surface area contributed by atoms with Gasteiger partial charge in [-0.1, -0.05) is 0 Å². The molecule has 0 radical (unpaired) electrons. The lowest BCUT2D eigenvalue weighted by molar-refractivity contribution is -0.126. The molecular weight excluding hydrogens is 268 g/mol. The number of nitrogens with zero attached hydrogens (tertiary/aromatic N) is 1. The molecule has 1 fully saturated rings. The van der Waals surface area contributed by atoms with E-state index in [9.17, 15) is 9.59 Å². The van der Waals surface area contributed by atoms with Crippen LogP contribution < -0.4 is 5.32 Å². The van der Waals surface area contributed by atoms with Crippen LogP contribution in [0.3, 0.4) is 0 Å². The molecule has 0 aromatic carbocycles. The number of amides is 2. The SMILES string of the molecule is CC(C)(C)OC(=O)N1CCC(C(=O)NCCCl)CC1. The topological polar surface area (TPSA) is 58.6 Å². The van der Waals surface area contributed by atoms with Crippen molar-refractivity contribution >= 4 is 23.6 Å². The third-order valence-electron chi connectivity index (χ3n) is 2.91. The largest absolute Gasteiger partial charge is 0.444 e. The van der Waals surface area contributed by atoms with Gasteiger partial charge in [-0.25, -0.2) is 4.79 Å². The van der Waals surface area contributed by atoms with Crippen LogP contribution in [0.4, 0.5) is 4.79 Å². The minimum absolute atomic E-state index is 0.0260. The van der Waals surface area contributed by atoms with Crippen LogP contribution in [0.1, 0.15) is 33.6 Å². The maximum absolute atomic E-state index is 11.8. The molecule has 0 aromatic heterocycles. The summed E-state index contributed by atoms with van der Waals surface area (Å²) in [6, 6.07) is 0. The summed E-state index contributed by atoms with van der Waals surface area (Å²) in [5.41, 5.74) is -0.481. The Bertz CT molecular complexity index is 320. The first kappa shape index (κ1) is 16.1. The Morgan fingerprint density at radius 1 is 1.32 bits per heavy atom. The number of likely N-dealkylation sites (tertiary alicyclic amines) is 1. The highest BCUT2D eigenvalue weighted by Gasteiger charge is 2.29. The van der Waals surface area contributed by atoms with Gasteiger partial charge in [0.25, 0.3) is 0 Å². The summed E-state index contributed by atoms with van der Waals surface area (Å²) < 4.78 is 5.31. The second-order valence-corrected chi connectivity index (χ2v) is 6.10. The molecule has 0 spiro atoms. The lowest BCUT2D eigenvalue weighted by atomic mass is 9.96. The summed E-state index contributed by atoms with van der Waals surface area (Å²) in [5.74, 6) is 0.425. The zero-order chi connectivity index (χ0) is 14.5. The zero-order valence-electron chi connectivity index (χ0n) is 11.9. The Labute approximate surface area is 119 Å². The summed E-state index contributed by atoms with van der Waals surface area (Å²) >= 11 is 5.53. The van der Waals surface area contributed by atoms with Gasteiger partial charge in [-0.3, -0.25) is 4.79 Å². The molecule has 0 aliphatic carbocycles. The average Bonchev–Trinajstić information content (AvgIpc) is 2.34. The number of nitrogens with one attached hydrogen (secondary N) is 1. The zero-order valence-corrected chi connectivity index (χ0v) is 12.6. The van der Waals surface area contributed by atoms with E-state index < -0.39 is 5.60 Å². The molecule has 19 heavy (non-hydrogen) atoms. The van der Waals surface area contributed by atoms with Gasteiger partial charge in [0, 0.05) is 31.4 Å². The molecule has 0 unspecified atom stereocenters. The molecule has 0 atom stereocenters. The van der Waals surface area contributed by atoms with Gasteiger partial charge >= 0.3 is 6.09 Å². The number of hydrogen-bond donors (Lipinski definition) is 1. The van der Waals surface area contributed by atoms with Crippen LogP contribution in [0.25, 0.3) is 0 Å². The third kappa shape index (κ3) is 5.68. The Balaban J connectivity index is 2.36. The van der Waals surface area contributed by atoms with Gasteiger partial charge in [0.05, 0.1) is 0 Å². The van der Waals surface area contributed by atoms with E-state index in [1.807, 2.05) is 20.8 Å². The van der Waals surface area contributed by atoms with Gasteiger partial charge in [-0.2, -0.15) is 0 Å². The third-order valence-corrected chi connectivity index (χ3v) is 3.10. The van der Waals surface area contributed by atoms with Crippen LogP contribution in [-0.4, -0.2) is 48.0 Å². The fourth-order valence-electron chi connectivity index (χ4n) is 1.97. The quantitative estimate of drug-likeness (QED) is 0.809. The molecule has 1 rings (SSSR count). The van der Waals surface area contributed by atoms with E-state index in [1.165, 1.54) is 0 Å². The van der Waals surface area contributed by atoms with Gasteiger partial charge in [-0.15, -0.1) is 11.6 Å². The molecular formula is C13H23ClN2O3. The second kappa shape index (κ2) is 6.98. The van der Waals surface area contributed by atoms with Gasteiger partial charge in [0.15, 0.2) is 0 Å². The predicted octanol–water partition coefficient (Wildman–Crippen LogP) is 1.99. The Hall–Kier alpha value is -0.970. The Morgan fingerprint density at radius 3 is 2.37 bits per heavy atom. The number of hydrogen-bond acceptors (Lipinski definition) is 3. The van der Waals surface area contributed by atoms with Crippen LogP contribution in [0.2, 0.25) is 0 Å². The number of alkyl halides is 1. The molecule has 1 N–H and O–H groups in total. The summed E-state index contributed by atoms with van der Waals surface area (Å²) in [7, 11) is 0. The van der Waals surface area contributed by atoms with Crippen molar-refractivity contribution in [3.8, 4) is 0 Å². The number of rotatable bonds is 3. The van der Waals surface area contributed by atoms with Crippen molar-refractivity contribution in [1.29, 1.82) is 0 Å². The lowest BCUT2D eigenvalue weighted by Crippen LogP contribution is -2.45. The summed E-state index contributed by atoms with van der Waals surface area (Å²) in [4.78, 5) is 25.3. The van der Waals surface area contributed by atoms with E-state index in [4.69, 9.17) is 16.3 Å². The van der Waals surface area contributed by atoms with E-state index in [-0.39, 0.29) is 17.9 Å². The van der Waals surface area contributed by atoms with E-state index in [1.54, 1.807) is 4.90 Å². The van der Waals surface area contributed by atoms with Crippen molar-refractivity contribution in [2.75, 3.05) is 25.5 Å². The van der Waals surface area contributed by atoms with Crippen LogP contribution >= 0.6 is 11.6 Å². The standard InChI is InChI=1S/C13H23ClN2O3/c1-13(2,3)19-12(18)16-8-4-10(5-9-16)11(17)15-7-6-14/h10H,4-9H2,1-3H3,(H,15,17). The molecule has 5 nitrogen and oxygen atoms in total. The van der Waals surface area contributed by atoms with Crippen LogP contribution in [0, 0.1) is 5.92 Å². The van der Waals surface area contributed by atoms with Crippen molar-refractivity contribution in [3.05, 3.63) is 0 Å². The fraction of sp³-hybridized carbons (Fsp3) is 0.846.